The quantitative estimate of drug-likeness (QED) is 0.406. The molecule has 0 spiro atoms. The number of ether oxygens (including phenoxy) is 2. The maximum absolute atomic E-state index is 6.22. The number of hydrogen-bond acceptors (Lipinski definition) is 5. The molecule has 174 valence electrons. The molecule has 1 aromatic carbocycles. The molecule has 8 nitrogen and oxygen atoms in total. The Balaban J connectivity index is 1.40. The number of nitrogens with zero attached hydrogens (tertiary/aromatic N) is 4. The second-order valence-electron chi connectivity index (χ2n) is 8.13. The maximum Gasteiger partial charge on any atom is 0.191 e. The van der Waals surface area contributed by atoms with Crippen molar-refractivity contribution in [3.8, 4) is 11.6 Å². The van der Waals surface area contributed by atoms with Gasteiger partial charge in [0.2, 0.25) is 0 Å². The lowest BCUT2D eigenvalue weighted by molar-refractivity contribution is 0.140. The highest BCUT2D eigenvalue weighted by Crippen LogP contribution is 2.23. The third-order valence-corrected chi connectivity index (χ3v) is 5.50. The first-order valence-corrected chi connectivity index (χ1v) is 11.4. The number of nitrogens with one attached hydrogen (secondary N) is 2. The van der Waals surface area contributed by atoms with E-state index in [1.165, 1.54) is 5.56 Å². The number of hydrogen-bond donors (Lipinski definition) is 2. The van der Waals surface area contributed by atoms with Gasteiger partial charge in [-0.1, -0.05) is 18.2 Å². The van der Waals surface area contributed by atoms with Crippen LogP contribution in [0.1, 0.15) is 35.9 Å². The van der Waals surface area contributed by atoms with Crippen LogP contribution in [0, 0.1) is 13.8 Å². The molecule has 2 N–H and O–H groups in total. The smallest absolute Gasteiger partial charge is 0.191 e. The zero-order valence-corrected chi connectivity index (χ0v) is 19.5. The van der Waals surface area contributed by atoms with Crippen LogP contribution in [0.4, 0.5) is 0 Å². The summed E-state index contributed by atoms with van der Waals surface area (Å²) in [6, 6.07) is 10.3. The van der Waals surface area contributed by atoms with Gasteiger partial charge in [-0.25, -0.2) is 15.0 Å². The van der Waals surface area contributed by atoms with Crippen LogP contribution in [0.2, 0.25) is 0 Å². The summed E-state index contributed by atoms with van der Waals surface area (Å²) in [5.74, 6) is 3.42. The van der Waals surface area contributed by atoms with Crippen molar-refractivity contribution >= 4 is 5.96 Å². The minimum atomic E-state index is 0.119. The van der Waals surface area contributed by atoms with Gasteiger partial charge in [0.15, 0.2) is 5.96 Å². The molecule has 1 aliphatic heterocycles. The highest BCUT2D eigenvalue weighted by molar-refractivity contribution is 5.79. The second-order valence-corrected chi connectivity index (χ2v) is 8.13. The predicted molar refractivity (Wildman–Crippen MR) is 129 cm³/mol. The number of guanidine groups is 1. The summed E-state index contributed by atoms with van der Waals surface area (Å²) in [7, 11) is 0. The largest absolute Gasteiger partial charge is 0.488 e. The highest BCUT2D eigenvalue weighted by atomic mass is 16.5. The van der Waals surface area contributed by atoms with Crippen LogP contribution < -0.4 is 15.4 Å². The Morgan fingerprint density at radius 2 is 2.12 bits per heavy atom. The topological polar surface area (TPSA) is 85.6 Å². The Labute approximate surface area is 195 Å². The number of aliphatic imine (C=N–C) groups is 1. The van der Waals surface area contributed by atoms with Crippen LogP contribution in [-0.4, -0.2) is 46.4 Å². The summed E-state index contributed by atoms with van der Waals surface area (Å²) in [6.45, 7) is 9.43. The molecule has 3 heterocycles. The van der Waals surface area contributed by atoms with E-state index >= 15 is 0 Å². The van der Waals surface area contributed by atoms with Crippen molar-refractivity contribution in [2.75, 3.05) is 19.8 Å². The molecular weight excluding hydrogens is 416 g/mol. The molecule has 1 atom stereocenters. The van der Waals surface area contributed by atoms with E-state index in [0.717, 1.165) is 54.1 Å². The lowest BCUT2D eigenvalue weighted by Gasteiger charge is -2.18. The first kappa shape index (κ1) is 22.8. The van der Waals surface area contributed by atoms with E-state index in [2.05, 4.69) is 52.6 Å². The fourth-order valence-corrected chi connectivity index (χ4v) is 3.67. The Morgan fingerprint density at radius 1 is 1.21 bits per heavy atom. The molecule has 0 radical (unpaired) electrons. The molecule has 1 unspecified atom stereocenters. The summed E-state index contributed by atoms with van der Waals surface area (Å²) >= 11 is 0. The van der Waals surface area contributed by atoms with Gasteiger partial charge in [-0.2, -0.15) is 0 Å². The molecule has 1 saturated heterocycles. The number of imidazole rings is 1. The van der Waals surface area contributed by atoms with Gasteiger partial charge in [-0.15, -0.1) is 0 Å². The van der Waals surface area contributed by atoms with Crippen molar-refractivity contribution in [2.45, 2.75) is 46.4 Å². The third kappa shape index (κ3) is 6.10. The number of benzene rings is 1. The Bertz CT molecular complexity index is 1070. The lowest BCUT2D eigenvalue weighted by Crippen LogP contribution is -2.37. The van der Waals surface area contributed by atoms with Crippen LogP contribution in [0.25, 0.3) is 5.82 Å². The summed E-state index contributed by atoms with van der Waals surface area (Å²) in [5, 5.41) is 6.74. The molecule has 2 aromatic heterocycles. The fraction of sp³-hybridized carbons (Fsp3) is 0.400. The number of aryl methyl sites for hydroxylation is 2. The van der Waals surface area contributed by atoms with Crippen molar-refractivity contribution < 1.29 is 9.47 Å². The highest BCUT2D eigenvalue weighted by Gasteiger charge is 2.18. The van der Waals surface area contributed by atoms with Crippen LogP contribution in [0.15, 0.2) is 53.9 Å². The van der Waals surface area contributed by atoms with Gasteiger partial charge >= 0.3 is 0 Å². The molecule has 4 rings (SSSR count). The molecule has 0 amide bonds. The van der Waals surface area contributed by atoms with Gasteiger partial charge in [0.25, 0.3) is 0 Å². The van der Waals surface area contributed by atoms with E-state index in [0.29, 0.717) is 19.7 Å². The first-order valence-electron chi connectivity index (χ1n) is 11.4. The number of rotatable bonds is 8. The van der Waals surface area contributed by atoms with E-state index in [1.807, 2.05) is 36.0 Å². The van der Waals surface area contributed by atoms with Crippen LogP contribution >= 0.6 is 0 Å². The molecule has 0 bridgehead atoms. The SMILES string of the molecule is CCNC(=NCc1ccc(-n2ccnc2C)nc1)NCc1ccc(C)cc1OC1CCOC1. The molecule has 8 heteroatoms. The van der Waals surface area contributed by atoms with Crippen molar-refractivity contribution in [3.63, 3.8) is 0 Å². The van der Waals surface area contributed by atoms with Gasteiger partial charge in [0.1, 0.15) is 23.5 Å². The normalized spacial score (nSPS) is 16.1. The van der Waals surface area contributed by atoms with Crippen LogP contribution in [-0.2, 0) is 17.8 Å². The van der Waals surface area contributed by atoms with E-state index in [9.17, 15) is 0 Å². The Hall–Kier alpha value is -3.39. The van der Waals surface area contributed by atoms with Crippen molar-refractivity contribution in [1.82, 2.24) is 25.2 Å². The average molecular weight is 449 g/mol. The molecule has 0 saturated carbocycles. The monoisotopic (exact) mass is 448 g/mol. The average Bonchev–Trinajstić information content (AvgIpc) is 3.49. The Morgan fingerprint density at radius 3 is 2.82 bits per heavy atom. The third-order valence-electron chi connectivity index (χ3n) is 5.50. The summed E-state index contributed by atoms with van der Waals surface area (Å²) in [5.41, 5.74) is 3.31. The Kier molecular flexibility index (Phi) is 7.57. The lowest BCUT2D eigenvalue weighted by atomic mass is 10.1. The molecule has 1 fully saturated rings. The van der Waals surface area contributed by atoms with Gasteiger partial charge in [0.05, 0.1) is 19.8 Å². The predicted octanol–water partition coefficient (Wildman–Crippen LogP) is 3.31. The van der Waals surface area contributed by atoms with E-state index in [4.69, 9.17) is 14.5 Å². The second kappa shape index (κ2) is 11.0. The van der Waals surface area contributed by atoms with Gasteiger partial charge in [0, 0.05) is 43.7 Å². The summed E-state index contributed by atoms with van der Waals surface area (Å²) in [6.07, 6.45) is 6.59. The zero-order valence-electron chi connectivity index (χ0n) is 19.5. The molecule has 3 aromatic rings. The van der Waals surface area contributed by atoms with Crippen LogP contribution in [0.5, 0.6) is 5.75 Å². The van der Waals surface area contributed by atoms with Crippen molar-refractivity contribution in [3.05, 3.63) is 71.4 Å². The van der Waals surface area contributed by atoms with Crippen molar-refractivity contribution in [2.24, 2.45) is 4.99 Å². The number of pyridine rings is 1. The zero-order chi connectivity index (χ0) is 23.0. The fourth-order valence-electron chi connectivity index (χ4n) is 3.67. The van der Waals surface area contributed by atoms with E-state index < -0.39 is 0 Å². The minimum absolute atomic E-state index is 0.119. The maximum atomic E-state index is 6.22. The van der Waals surface area contributed by atoms with Crippen LogP contribution in [0.3, 0.4) is 0 Å². The molecule has 33 heavy (non-hydrogen) atoms. The molecule has 1 aliphatic rings. The summed E-state index contributed by atoms with van der Waals surface area (Å²) in [4.78, 5) is 13.5. The van der Waals surface area contributed by atoms with E-state index in [-0.39, 0.29) is 6.10 Å². The van der Waals surface area contributed by atoms with E-state index in [1.54, 1.807) is 6.20 Å². The van der Waals surface area contributed by atoms with Gasteiger partial charge in [-0.3, -0.25) is 4.57 Å². The number of aromatic nitrogens is 3. The first-order chi connectivity index (χ1) is 16.1. The summed E-state index contributed by atoms with van der Waals surface area (Å²) < 4.78 is 13.6. The van der Waals surface area contributed by atoms with Gasteiger partial charge in [-0.05, 0) is 44.0 Å². The molecule has 0 aliphatic carbocycles. The standard InChI is InChI=1S/C25H32N6O2/c1-4-26-25(29-15-20-6-8-24(28-14-20)31-11-10-27-19(31)3)30-16-21-7-5-18(2)13-23(21)33-22-9-12-32-17-22/h5-8,10-11,13-14,22H,4,9,12,15-17H2,1-3H3,(H2,26,29,30). The van der Waals surface area contributed by atoms with Gasteiger partial charge < -0.3 is 20.1 Å². The molecular formula is C25H32N6O2. The minimum Gasteiger partial charge on any atom is -0.488 e. The van der Waals surface area contributed by atoms with Crippen molar-refractivity contribution in [1.29, 1.82) is 0 Å².